The molecule has 104 valence electrons. The summed E-state index contributed by atoms with van der Waals surface area (Å²) in [5.74, 6) is -0.505. The van der Waals surface area contributed by atoms with Gasteiger partial charge in [0, 0.05) is 0 Å². The summed E-state index contributed by atoms with van der Waals surface area (Å²) in [6.07, 6.45) is -0.557. The van der Waals surface area contributed by atoms with Crippen molar-refractivity contribution in [2.24, 2.45) is 11.7 Å². The normalized spacial score (nSPS) is 12.0. The highest BCUT2D eigenvalue weighted by molar-refractivity contribution is 5.85. The molecule has 1 aromatic carbocycles. The van der Waals surface area contributed by atoms with Crippen LogP contribution in [0.1, 0.15) is 25.8 Å². The van der Waals surface area contributed by atoms with E-state index in [0.717, 1.165) is 5.56 Å². The van der Waals surface area contributed by atoms with E-state index in [0.29, 0.717) is 6.42 Å². The third-order valence-corrected chi connectivity index (χ3v) is 2.41. The molecule has 0 saturated carbocycles. The van der Waals surface area contributed by atoms with Crippen LogP contribution in [0.15, 0.2) is 30.3 Å². The molecule has 1 aromatic rings. The molecule has 0 spiro atoms. The summed E-state index contributed by atoms with van der Waals surface area (Å²) >= 11 is 0. The second-order valence-corrected chi connectivity index (χ2v) is 4.68. The Bertz CT molecular complexity index is 417. The molecule has 5 heteroatoms. The first-order valence-corrected chi connectivity index (χ1v) is 6.17. The highest BCUT2D eigenvalue weighted by atomic mass is 16.7. The Kier molecular flexibility index (Phi) is 6.02. The molecule has 0 aromatic heterocycles. The minimum absolute atomic E-state index is 0.0619. The van der Waals surface area contributed by atoms with E-state index in [1.54, 1.807) is 12.1 Å². The number of carbonyl (C=O) groups is 2. The number of benzene rings is 1. The number of rotatable bonds is 5. The molecule has 0 radical (unpaired) electrons. The average Bonchev–Trinajstić information content (AvgIpc) is 2.36. The zero-order valence-corrected chi connectivity index (χ0v) is 11.2. The summed E-state index contributed by atoms with van der Waals surface area (Å²) in [6, 6.07) is 8.32. The predicted octanol–water partition coefficient (Wildman–Crippen LogP) is 2.24. The Morgan fingerprint density at radius 2 is 1.84 bits per heavy atom. The molecular weight excluding hydrogens is 246 g/mol. The molecule has 5 nitrogen and oxygen atoms in total. The van der Waals surface area contributed by atoms with E-state index in [1.807, 2.05) is 32.0 Å². The van der Waals surface area contributed by atoms with Crippen molar-refractivity contribution in [3.8, 4) is 0 Å². The highest BCUT2D eigenvalue weighted by Crippen LogP contribution is 2.06. The van der Waals surface area contributed by atoms with Crippen LogP contribution >= 0.6 is 0 Å². The van der Waals surface area contributed by atoms with Crippen LogP contribution in [0.3, 0.4) is 0 Å². The maximum absolute atomic E-state index is 11.5. The topological polar surface area (TPSA) is 78.6 Å². The van der Waals surface area contributed by atoms with Gasteiger partial charge in [-0.3, -0.25) is 0 Å². The molecule has 0 heterocycles. The Balaban J connectivity index is 2.33. The summed E-state index contributed by atoms with van der Waals surface area (Å²) in [5, 5.41) is 0. The summed E-state index contributed by atoms with van der Waals surface area (Å²) < 4.78 is 9.33. The van der Waals surface area contributed by atoms with E-state index in [-0.39, 0.29) is 12.5 Å². The zero-order valence-electron chi connectivity index (χ0n) is 11.2. The standard InChI is InChI=1S/C14H19NO4/c1-10(2)8-12(15)13(16)19-14(17)18-9-11-6-4-3-5-7-11/h3-7,10,12H,8-9,15H2,1-2H3/t12-/m1/s1. The van der Waals surface area contributed by atoms with Crippen LogP contribution in [0.25, 0.3) is 0 Å². The molecule has 0 fully saturated rings. The van der Waals surface area contributed by atoms with Crippen molar-refractivity contribution in [2.75, 3.05) is 0 Å². The molecule has 0 aliphatic carbocycles. The molecule has 0 aliphatic heterocycles. The van der Waals surface area contributed by atoms with Gasteiger partial charge in [0.05, 0.1) is 0 Å². The van der Waals surface area contributed by atoms with Gasteiger partial charge in [0.15, 0.2) is 0 Å². The fourth-order valence-corrected chi connectivity index (χ4v) is 1.51. The number of hydrogen-bond donors (Lipinski definition) is 1. The molecule has 0 amide bonds. The van der Waals surface area contributed by atoms with Gasteiger partial charge in [-0.15, -0.1) is 0 Å². The van der Waals surface area contributed by atoms with Crippen molar-refractivity contribution in [3.05, 3.63) is 35.9 Å². The van der Waals surface area contributed by atoms with Gasteiger partial charge in [-0.1, -0.05) is 44.2 Å². The van der Waals surface area contributed by atoms with E-state index < -0.39 is 18.2 Å². The van der Waals surface area contributed by atoms with Gasteiger partial charge in [-0.2, -0.15) is 0 Å². The summed E-state index contributed by atoms with van der Waals surface area (Å²) in [4.78, 5) is 22.7. The molecule has 1 atom stereocenters. The molecule has 0 bridgehead atoms. The molecule has 1 rings (SSSR count). The lowest BCUT2D eigenvalue weighted by atomic mass is 10.1. The largest absolute Gasteiger partial charge is 0.516 e. The fourth-order valence-electron chi connectivity index (χ4n) is 1.51. The Hall–Kier alpha value is -1.88. The molecule has 0 aliphatic rings. The van der Waals surface area contributed by atoms with E-state index in [9.17, 15) is 9.59 Å². The second kappa shape index (κ2) is 7.53. The van der Waals surface area contributed by atoms with Gasteiger partial charge in [0.1, 0.15) is 12.6 Å². The Morgan fingerprint density at radius 3 is 2.42 bits per heavy atom. The van der Waals surface area contributed by atoms with Gasteiger partial charge >= 0.3 is 12.1 Å². The van der Waals surface area contributed by atoms with Crippen molar-refractivity contribution in [3.63, 3.8) is 0 Å². The Morgan fingerprint density at radius 1 is 1.21 bits per heavy atom. The minimum Gasteiger partial charge on any atom is -0.429 e. The average molecular weight is 265 g/mol. The third kappa shape index (κ3) is 6.01. The second-order valence-electron chi connectivity index (χ2n) is 4.68. The predicted molar refractivity (Wildman–Crippen MR) is 70.1 cm³/mol. The van der Waals surface area contributed by atoms with Gasteiger partial charge < -0.3 is 15.2 Å². The van der Waals surface area contributed by atoms with Gasteiger partial charge in [-0.05, 0) is 17.9 Å². The van der Waals surface area contributed by atoms with Crippen LogP contribution in [0.2, 0.25) is 0 Å². The molecule has 0 saturated heterocycles. The van der Waals surface area contributed by atoms with E-state index in [1.165, 1.54) is 0 Å². The Labute approximate surface area is 112 Å². The lowest BCUT2D eigenvalue weighted by molar-refractivity contribution is -0.141. The molecular formula is C14H19NO4. The van der Waals surface area contributed by atoms with Gasteiger partial charge in [0.25, 0.3) is 0 Å². The van der Waals surface area contributed by atoms with Gasteiger partial charge in [0.2, 0.25) is 0 Å². The first-order valence-electron chi connectivity index (χ1n) is 6.17. The molecule has 2 N–H and O–H groups in total. The van der Waals surface area contributed by atoms with Crippen molar-refractivity contribution >= 4 is 12.1 Å². The van der Waals surface area contributed by atoms with E-state index >= 15 is 0 Å². The number of ether oxygens (including phenoxy) is 2. The number of esters is 1. The van der Waals surface area contributed by atoms with Crippen molar-refractivity contribution in [1.29, 1.82) is 0 Å². The highest BCUT2D eigenvalue weighted by Gasteiger charge is 2.20. The van der Waals surface area contributed by atoms with Crippen molar-refractivity contribution in [2.45, 2.75) is 32.9 Å². The maximum atomic E-state index is 11.5. The van der Waals surface area contributed by atoms with Crippen LogP contribution in [0.5, 0.6) is 0 Å². The molecule has 19 heavy (non-hydrogen) atoms. The van der Waals surface area contributed by atoms with Crippen molar-refractivity contribution in [1.82, 2.24) is 0 Å². The van der Waals surface area contributed by atoms with E-state index in [4.69, 9.17) is 10.5 Å². The first-order chi connectivity index (χ1) is 8.99. The van der Waals surface area contributed by atoms with Gasteiger partial charge in [-0.25, -0.2) is 9.59 Å². The van der Waals surface area contributed by atoms with Crippen LogP contribution in [-0.2, 0) is 20.9 Å². The summed E-state index contributed by atoms with van der Waals surface area (Å²) in [7, 11) is 0. The van der Waals surface area contributed by atoms with Crippen LogP contribution in [-0.4, -0.2) is 18.2 Å². The maximum Gasteiger partial charge on any atom is 0.516 e. The van der Waals surface area contributed by atoms with Crippen LogP contribution < -0.4 is 5.73 Å². The van der Waals surface area contributed by atoms with Crippen LogP contribution in [0, 0.1) is 5.92 Å². The lowest BCUT2D eigenvalue weighted by Crippen LogP contribution is -2.35. The monoisotopic (exact) mass is 265 g/mol. The van der Waals surface area contributed by atoms with Crippen LogP contribution in [0.4, 0.5) is 4.79 Å². The number of carbonyl (C=O) groups excluding carboxylic acids is 2. The third-order valence-electron chi connectivity index (χ3n) is 2.41. The summed E-state index contributed by atoms with van der Waals surface area (Å²) in [6.45, 7) is 3.92. The SMILES string of the molecule is CC(C)C[C@@H](N)C(=O)OC(=O)OCc1ccccc1. The van der Waals surface area contributed by atoms with Crippen molar-refractivity contribution < 1.29 is 19.1 Å². The first kappa shape index (κ1) is 15.2. The minimum atomic E-state index is -1.02. The van der Waals surface area contributed by atoms with E-state index in [2.05, 4.69) is 4.74 Å². The lowest BCUT2D eigenvalue weighted by Gasteiger charge is -2.12. The fraction of sp³-hybridized carbons (Fsp3) is 0.429. The summed E-state index contributed by atoms with van der Waals surface area (Å²) in [5.41, 5.74) is 6.41. The number of hydrogen-bond acceptors (Lipinski definition) is 5. The smallest absolute Gasteiger partial charge is 0.429 e. The number of nitrogens with two attached hydrogens (primary N) is 1. The zero-order chi connectivity index (χ0) is 14.3. The quantitative estimate of drug-likeness (QED) is 0.652. The molecule has 0 unspecified atom stereocenters.